The Labute approximate surface area is 93.0 Å². The van der Waals surface area contributed by atoms with E-state index in [0.29, 0.717) is 16.9 Å². The van der Waals surface area contributed by atoms with E-state index < -0.39 is 0 Å². The summed E-state index contributed by atoms with van der Waals surface area (Å²) in [4.78, 5) is 13.4. The third-order valence-electron chi connectivity index (χ3n) is 1.99. The van der Waals surface area contributed by atoms with Crippen LogP contribution in [-0.2, 0) is 4.84 Å². The fraction of sp³-hybridized carbons (Fsp3) is 0.400. The number of nitrogens with one attached hydrogen (secondary N) is 1. The van der Waals surface area contributed by atoms with Gasteiger partial charge in [0.1, 0.15) is 17.6 Å². The molecule has 1 aliphatic rings. The predicted molar refractivity (Wildman–Crippen MR) is 57.4 cm³/mol. The quantitative estimate of drug-likeness (QED) is 0.367. The first-order chi connectivity index (χ1) is 7.29. The largest absolute Gasteiger partial charge is 0.262 e. The van der Waals surface area contributed by atoms with Gasteiger partial charge in [0, 0.05) is 12.0 Å². The Kier molecular flexibility index (Phi) is 3.05. The van der Waals surface area contributed by atoms with E-state index in [2.05, 4.69) is 21.4 Å². The van der Waals surface area contributed by atoms with E-state index in [1.807, 2.05) is 0 Å². The normalized spacial score (nSPS) is 14.7. The zero-order valence-electron chi connectivity index (χ0n) is 8.03. The molecular weight excluding hydrogens is 214 g/mol. The highest BCUT2D eigenvalue weighted by atomic mass is 35.5. The molecule has 78 valence electrons. The third kappa shape index (κ3) is 2.82. The summed E-state index contributed by atoms with van der Waals surface area (Å²) in [5.41, 5.74) is 2.63. The van der Waals surface area contributed by atoms with Crippen LogP contribution in [0.3, 0.4) is 0 Å². The van der Waals surface area contributed by atoms with E-state index in [1.165, 1.54) is 0 Å². The molecule has 2 rings (SSSR count). The Hall–Kier alpha value is -1.31. The van der Waals surface area contributed by atoms with Crippen molar-refractivity contribution in [3.8, 4) is 12.3 Å². The minimum absolute atomic E-state index is 0.181. The van der Waals surface area contributed by atoms with Gasteiger partial charge in [-0.2, -0.15) is 0 Å². The van der Waals surface area contributed by atoms with Gasteiger partial charge in [0.15, 0.2) is 5.82 Å². The van der Waals surface area contributed by atoms with E-state index in [4.69, 9.17) is 22.9 Å². The van der Waals surface area contributed by atoms with Crippen molar-refractivity contribution in [3.63, 3.8) is 0 Å². The summed E-state index contributed by atoms with van der Waals surface area (Å²) in [7, 11) is 0. The molecule has 1 aliphatic carbocycles. The maximum atomic E-state index is 5.85. The SMILES string of the molecule is C#CCONc1cc(Cl)nc(C2CC2)n1. The predicted octanol–water partition coefficient (Wildman–Crippen LogP) is 1.98. The number of nitrogens with zero attached hydrogens (tertiary/aromatic N) is 2. The summed E-state index contributed by atoms with van der Waals surface area (Å²) in [5, 5.41) is 0.415. The average Bonchev–Trinajstić information content (AvgIpc) is 3.00. The van der Waals surface area contributed by atoms with Crippen molar-refractivity contribution in [2.75, 3.05) is 12.1 Å². The van der Waals surface area contributed by atoms with E-state index in [0.717, 1.165) is 18.7 Å². The Morgan fingerprint density at radius 1 is 1.60 bits per heavy atom. The van der Waals surface area contributed by atoms with Gasteiger partial charge in [-0.05, 0) is 12.8 Å². The van der Waals surface area contributed by atoms with Crippen LogP contribution in [0.1, 0.15) is 24.6 Å². The van der Waals surface area contributed by atoms with Crippen molar-refractivity contribution in [1.29, 1.82) is 0 Å². The van der Waals surface area contributed by atoms with Gasteiger partial charge in [-0.1, -0.05) is 17.5 Å². The molecule has 1 heterocycles. The molecule has 1 fully saturated rings. The van der Waals surface area contributed by atoms with Crippen molar-refractivity contribution in [2.24, 2.45) is 0 Å². The van der Waals surface area contributed by atoms with Gasteiger partial charge in [-0.3, -0.25) is 4.84 Å². The van der Waals surface area contributed by atoms with Gasteiger partial charge < -0.3 is 0 Å². The van der Waals surface area contributed by atoms with Crippen LogP contribution >= 0.6 is 11.6 Å². The summed E-state index contributed by atoms with van der Waals surface area (Å²) in [6.45, 7) is 0.181. The Morgan fingerprint density at radius 3 is 3.07 bits per heavy atom. The zero-order chi connectivity index (χ0) is 10.7. The summed E-state index contributed by atoms with van der Waals surface area (Å²) in [5.74, 6) is 4.12. The van der Waals surface area contributed by atoms with E-state index in [-0.39, 0.29) is 6.61 Å². The number of halogens is 1. The van der Waals surface area contributed by atoms with Crippen LogP contribution in [0.2, 0.25) is 5.15 Å². The molecule has 0 saturated heterocycles. The molecule has 4 nitrogen and oxygen atoms in total. The van der Waals surface area contributed by atoms with Crippen LogP contribution in [0, 0.1) is 12.3 Å². The van der Waals surface area contributed by atoms with E-state index in [9.17, 15) is 0 Å². The lowest BCUT2D eigenvalue weighted by Crippen LogP contribution is -2.05. The minimum Gasteiger partial charge on any atom is -0.262 e. The van der Waals surface area contributed by atoms with Gasteiger partial charge in [-0.15, -0.1) is 6.42 Å². The number of terminal acetylenes is 1. The molecule has 0 amide bonds. The molecule has 0 aliphatic heterocycles. The summed E-state index contributed by atoms with van der Waals surface area (Å²) < 4.78 is 0. The van der Waals surface area contributed by atoms with Crippen LogP contribution < -0.4 is 5.48 Å². The molecular formula is C10H10ClN3O. The molecule has 0 atom stereocenters. The maximum Gasteiger partial charge on any atom is 0.154 e. The highest BCUT2D eigenvalue weighted by molar-refractivity contribution is 6.29. The average molecular weight is 224 g/mol. The van der Waals surface area contributed by atoms with Gasteiger partial charge in [0.25, 0.3) is 0 Å². The van der Waals surface area contributed by atoms with Crippen molar-refractivity contribution in [2.45, 2.75) is 18.8 Å². The number of hydrogen-bond acceptors (Lipinski definition) is 4. The molecule has 0 radical (unpaired) electrons. The molecule has 1 aromatic heterocycles. The molecule has 15 heavy (non-hydrogen) atoms. The van der Waals surface area contributed by atoms with Gasteiger partial charge >= 0.3 is 0 Å². The molecule has 0 aromatic carbocycles. The van der Waals surface area contributed by atoms with E-state index in [1.54, 1.807) is 6.07 Å². The molecule has 0 spiro atoms. The summed E-state index contributed by atoms with van der Waals surface area (Å²) >= 11 is 5.85. The number of hydrogen-bond donors (Lipinski definition) is 1. The standard InChI is InChI=1S/C10H10ClN3O/c1-2-5-15-14-9-6-8(11)12-10(13-9)7-3-4-7/h1,6-7H,3-5H2,(H,12,13,14). The van der Waals surface area contributed by atoms with Crippen LogP contribution in [-0.4, -0.2) is 16.6 Å². The molecule has 1 saturated carbocycles. The Morgan fingerprint density at radius 2 is 2.40 bits per heavy atom. The molecule has 0 unspecified atom stereocenters. The lowest BCUT2D eigenvalue weighted by molar-refractivity contribution is 0.232. The highest BCUT2D eigenvalue weighted by Crippen LogP contribution is 2.38. The second kappa shape index (κ2) is 4.47. The van der Waals surface area contributed by atoms with Crippen molar-refractivity contribution in [1.82, 2.24) is 9.97 Å². The lowest BCUT2D eigenvalue weighted by Gasteiger charge is -2.05. The maximum absolute atomic E-state index is 5.85. The third-order valence-corrected chi connectivity index (χ3v) is 2.18. The summed E-state index contributed by atoms with van der Waals surface area (Å²) in [6.07, 6.45) is 7.30. The van der Waals surface area contributed by atoms with Crippen LogP contribution in [0.5, 0.6) is 0 Å². The van der Waals surface area contributed by atoms with Crippen LogP contribution in [0.4, 0.5) is 5.82 Å². The smallest absolute Gasteiger partial charge is 0.154 e. The number of aromatic nitrogens is 2. The Balaban J connectivity index is 2.06. The fourth-order valence-electron chi connectivity index (χ4n) is 1.16. The van der Waals surface area contributed by atoms with Crippen molar-refractivity contribution >= 4 is 17.4 Å². The molecule has 5 heteroatoms. The first-order valence-electron chi connectivity index (χ1n) is 4.65. The lowest BCUT2D eigenvalue weighted by atomic mass is 10.4. The second-order valence-electron chi connectivity index (χ2n) is 3.30. The van der Waals surface area contributed by atoms with Crippen LogP contribution in [0.25, 0.3) is 0 Å². The summed E-state index contributed by atoms with van der Waals surface area (Å²) in [6, 6.07) is 1.60. The molecule has 1 N–H and O–H groups in total. The highest BCUT2D eigenvalue weighted by Gasteiger charge is 2.27. The second-order valence-corrected chi connectivity index (χ2v) is 3.69. The van der Waals surface area contributed by atoms with Crippen LogP contribution in [0.15, 0.2) is 6.07 Å². The minimum atomic E-state index is 0.181. The molecule has 0 bridgehead atoms. The number of rotatable bonds is 4. The monoisotopic (exact) mass is 223 g/mol. The van der Waals surface area contributed by atoms with Crippen molar-refractivity contribution < 1.29 is 4.84 Å². The first kappa shape index (κ1) is 10.2. The first-order valence-corrected chi connectivity index (χ1v) is 5.03. The Bertz CT molecular complexity index is 398. The van der Waals surface area contributed by atoms with Gasteiger partial charge in [-0.25, -0.2) is 15.4 Å². The topological polar surface area (TPSA) is 47.0 Å². The van der Waals surface area contributed by atoms with E-state index >= 15 is 0 Å². The van der Waals surface area contributed by atoms with Gasteiger partial charge in [0.05, 0.1) is 0 Å². The number of anilines is 1. The zero-order valence-corrected chi connectivity index (χ0v) is 8.79. The van der Waals surface area contributed by atoms with Crippen molar-refractivity contribution in [3.05, 3.63) is 17.0 Å². The molecule has 1 aromatic rings. The van der Waals surface area contributed by atoms with Gasteiger partial charge in [0.2, 0.25) is 0 Å². The fourth-order valence-corrected chi connectivity index (χ4v) is 1.35.